The van der Waals surface area contributed by atoms with E-state index in [0.717, 1.165) is 0 Å². The Kier molecular flexibility index (Phi) is 5.12. The van der Waals surface area contributed by atoms with Gasteiger partial charge in [0.05, 0.1) is 0 Å². The first-order chi connectivity index (χ1) is 14.2. The fourth-order valence-corrected chi connectivity index (χ4v) is 6.53. The van der Waals surface area contributed by atoms with E-state index in [1.54, 1.807) is 30.0 Å². The van der Waals surface area contributed by atoms with Crippen LogP contribution in [0.4, 0.5) is 0 Å². The van der Waals surface area contributed by atoms with Gasteiger partial charge >= 0.3 is 4.87 Å². The van der Waals surface area contributed by atoms with Crippen LogP contribution in [0.5, 0.6) is 0 Å². The number of rotatable bonds is 4. The molecule has 1 fully saturated rings. The molecule has 1 saturated heterocycles. The fourth-order valence-electron chi connectivity index (χ4n) is 3.67. The molecule has 2 aliphatic heterocycles. The van der Waals surface area contributed by atoms with E-state index in [4.69, 9.17) is 0 Å². The van der Waals surface area contributed by atoms with Crippen molar-refractivity contribution in [2.24, 2.45) is 0 Å². The molecule has 0 unspecified atom stereocenters. The second kappa shape index (κ2) is 7.49. The summed E-state index contributed by atoms with van der Waals surface area (Å²) in [6, 6.07) is 7.07. The molecule has 0 radical (unpaired) electrons. The predicted octanol–water partition coefficient (Wildman–Crippen LogP) is 0.704. The summed E-state index contributed by atoms with van der Waals surface area (Å²) in [5.74, 6) is -0.528. The fraction of sp³-hybridized carbons (Fsp3) is 0.316. The third-order valence-electron chi connectivity index (χ3n) is 5.28. The highest BCUT2D eigenvalue weighted by molar-refractivity contribution is 7.91. The summed E-state index contributed by atoms with van der Waals surface area (Å²) in [6.07, 6.45) is 0. The molecular formula is C19H20N4O5S2. The minimum Gasteiger partial charge on any atom is -0.338 e. The van der Waals surface area contributed by atoms with Gasteiger partial charge in [-0.2, -0.15) is 4.31 Å². The molecule has 0 aliphatic carbocycles. The van der Waals surface area contributed by atoms with Crippen molar-refractivity contribution in [2.45, 2.75) is 11.1 Å². The van der Waals surface area contributed by atoms with Gasteiger partial charge in [-0.25, -0.2) is 8.42 Å². The van der Waals surface area contributed by atoms with Crippen LogP contribution in [-0.2, 0) is 14.8 Å². The van der Waals surface area contributed by atoms with Gasteiger partial charge < -0.3 is 9.88 Å². The van der Waals surface area contributed by atoms with Gasteiger partial charge in [-0.3, -0.25) is 19.3 Å². The van der Waals surface area contributed by atoms with Crippen molar-refractivity contribution in [1.29, 1.82) is 0 Å². The zero-order chi connectivity index (χ0) is 21.6. The van der Waals surface area contributed by atoms with Crippen LogP contribution in [0.1, 0.15) is 21.6 Å². The van der Waals surface area contributed by atoms with E-state index in [0.29, 0.717) is 33.9 Å². The van der Waals surface area contributed by atoms with Crippen LogP contribution in [0.3, 0.4) is 0 Å². The number of fused-ring (bicyclic) bond motifs is 1. The van der Waals surface area contributed by atoms with E-state index in [-0.39, 0.29) is 48.7 Å². The molecular weight excluding hydrogens is 428 g/mol. The molecule has 1 aromatic carbocycles. The van der Waals surface area contributed by atoms with Gasteiger partial charge in [-0.05, 0) is 13.0 Å². The largest absolute Gasteiger partial charge is 0.338 e. The molecule has 9 nitrogen and oxygen atoms in total. The molecule has 1 aromatic heterocycles. The van der Waals surface area contributed by atoms with Crippen LogP contribution in [0.25, 0.3) is 5.70 Å². The lowest BCUT2D eigenvalue weighted by molar-refractivity contribution is -0.132. The number of piperazine rings is 1. The third kappa shape index (κ3) is 3.38. The number of hydrogen-bond donors (Lipinski definition) is 1. The number of nitrogens with zero attached hydrogens (tertiary/aromatic N) is 3. The van der Waals surface area contributed by atoms with Crippen LogP contribution in [0.15, 0.2) is 39.8 Å². The van der Waals surface area contributed by atoms with Crippen molar-refractivity contribution in [3.8, 4) is 0 Å². The summed E-state index contributed by atoms with van der Waals surface area (Å²) < 4.78 is 26.9. The molecule has 2 aliphatic rings. The zero-order valence-corrected chi connectivity index (χ0v) is 17.9. The molecule has 0 spiro atoms. The first-order valence-corrected chi connectivity index (χ1v) is 11.5. The van der Waals surface area contributed by atoms with E-state index in [9.17, 15) is 22.8 Å². The molecule has 11 heteroatoms. The lowest BCUT2D eigenvalue weighted by atomic mass is 10.1. The summed E-state index contributed by atoms with van der Waals surface area (Å²) in [4.78, 5) is 41.8. The normalized spacial score (nSPS) is 17.5. The number of nitrogens with one attached hydrogen (secondary N) is 1. The Morgan fingerprint density at radius 2 is 1.77 bits per heavy atom. The van der Waals surface area contributed by atoms with E-state index in [2.05, 4.69) is 11.6 Å². The van der Waals surface area contributed by atoms with Crippen molar-refractivity contribution in [1.82, 2.24) is 19.1 Å². The first-order valence-electron chi connectivity index (χ1n) is 9.28. The summed E-state index contributed by atoms with van der Waals surface area (Å²) in [7, 11) is -3.79. The number of thiazole rings is 1. The third-order valence-corrected chi connectivity index (χ3v) is 8.76. The van der Waals surface area contributed by atoms with Gasteiger partial charge in [-0.1, -0.05) is 36.1 Å². The maximum absolute atomic E-state index is 12.8. The highest BCUT2D eigenvalue weighted by Gasteiger charge is 2.36. The van der Waals surface area contributed by atoms with E-state index < -0.39 is 14.9 Å². The Morgan fingerprint density at radius 1 is 1.13 bits per heavy atom. The molecule has 4 rings (SSSR count). The lowest BCUT2D eigenvalue weighted by Crippen LogP contribution is -2.52. The maximum atomic E-state index is 12.8. The Balaban J connectivity index is 1.41. The lowest BCUT2D eigenvalue weighted by Gasteiger charge is -2.34. The van der Waals surface area contributed by atoms with E-state index in [1.165, 1.54) is 9.21 Å². The highest BCUT2D eigenvalue weighted by Crippen LogP contribution is 2.31. The summed E-state index contributed by atoms with van der Waals surface area (Å²) in [6.45, 7) is 5.99. The molecule has 158 valence electrons. The second-order valence-corrected chi connectivity index (χ2v) is 10.2. The van der Waals surface area contributed by atoms with Gasteiger partial charge in [0.15, 0.2) is 4.21 Å². The number of H-pyrrole nitrogens is 1. The summed E-state index contributed by atoms with van der Waals surface area (Å²) in [5.41, 5.74) is 2.04. The molecule has 2 aromatic rings. The maximum Gasteiger partial charge on any atom is 0.305 e. The highest BCUT2D eigenvalue weighted by atomic mass is 32.2. The predicted molar refractivity (Wildman–Crippen MR) is 112 cm³/mol. The quantitative estimate of drug-likeness (QED) is 0.740. The Morgan fingerprint density at radius 3 is 2.33 bits per heavy atom. The van der Waals surface area contributed by atoms with Crippen molar-refractivity contribution < 1.29 is 18.0 Å². The number of carbonyl (C=O) groups excluding carboxylic acids is 2. The number of aromatic nitrogens is 1. The van der Waals surface area contributed by atoms with Gasteiger partial charge in [0.25, 0.3) is 15.9 Å². The molecule has 0 atom stereocenters. The Bertz CT molecular complexity index is 1170. The second-order valence-electron chi connectivity index (χ2n) is 7.10. The number of benzene rings is 1. The average molecular weight is 449 g/mol. The van der Waals surface area contributed by atoms with Crippen molar-refractivity contribution in [3.63, 3.8) is 0 Å². The first kappa shape index (κ1) is 20.5. The van der Waals surface area contributed by atoms with E-state index in [1.807, 2.05) is 6.07 Å². The van der Waals surface area contributed by atoms with Crippen molar-refractivity contribution in [3.05, 3.63) is 57.3 Å². The molecule has 3 heterocycles. The van der Waals surface area contributed by atoms with Crippen molar-refractivity contribution in [2.75, 3.05) is 32.7 Å². The van der Waals surface area contributed by atoms with Crippen LogP contribution in [0.2, 0.25) is 0 Å². The molecule has 1 N–H and O–H groups in total. The standard InChI is InChI=1S/C19H20N4O5S2/c1-12-18(29-19(26)20-12)30(27,28)22-9-7-21(8-10-22)16(24)11-23-13(2)14-5-3-4-6-15(14)17(23)25/h3-6H,2,7-11H2,1H3,(H,20,26). The van der Waals surface area contributed by atoms with Crippen LogP contribution in [-0.4, -0.2) is 72.0 Å². The van der Waals surface area contributed by atoms with Crippen LogP contribution >= 0.6 is 11.3 Å². The van der Waals surface area contributed by atoms with Gasteiger partial charge in [0, 0.05) is 48.7 Å². The minimum absolute atomic E-state index is 0.00371. The van der Waals surface area contributed by atoms with Gasteiger partial charge in [0.2, 0.25) is 5.91 Å². The number of amides is 2. The van der Waals surface area contributed by atoms with Gasteiger partial charge in [-0.15, -0.1) is 0 Å². The number of carbonyl (C=O) groups is 2. The van der Waals surface area contributed by atoms with Crippen LogP contribution < -0.4 is 4.87 Å². The molecule has 0 saturated carbocycles. The Labute approximate surface area is 177 Å². The van der Waals surface area contributed by atoms with Crippen molar-refractivity contribution >= 4 is 38.9 Å². The van der Waals surface area contributed by atoms with Gasteiger partial charge in [0.1, 0.15) is 6.54 Å². The smallest absolute Gasteiger partial charge is 0.305 e. The number of aryl methyl sites for hydroxylation is 1. The molecule has 0 bridgehead atoms. The number of sulfonamides is 1. The minimum atomic E-state index is -3.79. The van der Waals surface area contributed by atoms with E-state index >= 15 is 0 Å². The number of aromatic amines is 1. The summed E-state index contributed by atoms with van der Waals surface area (Å²) >= 11 is 0.663. The molecule has 2 amide bonds. The summed E-state index contributed by atoms with van der Waals surface area (Å²) in [5, 5.41) is 0. The number of hydrogen-bond acceptors (Lipinski definition) is 6. The SMILES string of the molecule is C=C1c2ccccc2C(=O)N1CC(=O)N1CCN(S(=O)(=O)c2sc(=O)[nH]c2C)CC1. The topological polar surface area (TPSA) is 111 Å². The van der Waals surface area contributed by atoms with Crippen LogP contribution in [0, 0.1) is 6.92 Å². The zero-order valence-electron chi connectivity index (χ0n) is 16.3. The average Bonchev–Trinajstić information content (AvgIpc) is 3.20. The monoisotopic (exact) mass is 448 g/mol. The molecule has 30 heavy (non-hydrogen) atoms. The Hall–Kier alpha value is -2.76.